The van der Waals surface area contributed by atoms with E-state index in [1.165, 1.54) is 36.1 Å². The van der Waals surface area contributed by atoms with Crippen molar-refractivity contribution in [2.45, 2.75) is 32.6 Å². The van der Waals surface area contributed by atoms with Gasteiger partial charge in [0.25, 0.3) is 0 Å². The summed E-state index contributed by atoms with van der Waals surface area (Å²) in [4.78, 5) is 7.00. The van der Waals surface area contributed by atoms with Crippen LogP contribution >= 0.6 is 11.3 Å². The topological polar surface area (TPSA) is 42.2 Å². The SMILES string of the molecule is Cc1nc2cc(N3CCCCCC3)c(N)cc2s1. The number of aromatic nitrogens is 1. The number of rotatable bonds is 1. The molecule has 1 fully saturated rings. The zero-order valence-electron chi connectivity index (χ0n) is 10.8. The first-order valence-corrected chi connectivity index (χ1v) is 7.47. The highest BCUT2D eigenvalue weighted by Gasteiger charge is 2.14. The lowest BCUT2D eigenvalue weighted by atomic mass is 10.2. The third-order valence-corrected chi connectivity index (χ3v) is 4.52. The second-order valence-corrected chi connectivity index (χ2v) is 6.25. The third kappa shape index (κ3) is 2.17. The lowest BCUT2D eigenvalue weighted by molar-refractivity contribution is 0.726. The molecule has 96 valence electrons. The van der Waals surface area contributed by atoms with Crippen molar-refractivity contribution in [1.82, 2.24) is 4.98 Å². The van der Waals surface area contributed by atoms with E-state index in [1.807, 2.05) is 6.92 Å². The van der Waals surface area contributed by atoms with Crippen LogP contribution in [0, 0.1) is 6.92 Å². The van der Waals surface area contributed by atoms with Crippen LogP contribution in [-0.4, -0.2) is 18.1 Å². The van der Waals surface area contributed by atoms with Crippen LogP contribution in [0.2, 0.25) is 0 Å². The van der Waals surface area contributed by atoms with Crippen molar-refractivity contribution in [1.29, 1.82) is 0 Å². The summed E-state index contributed by atoms with van der Waals surface area (Å²) in [6.07, 6.45) is 5.23. The molecular weight excluding hydrogens is 242 g/mol. The van der Waals surface area contributed by atoms with Crippen LogP contribution in [0.25, 0.3) is 10.2 Å². The number of nitrogens with two attached hydrogens (primary N) is 1. The van der Waals surface area contributed by atoms with Crippen LogP contribution < -0.4 is 10.6 Å². The van der Waals surface area contributed by atoms with Gasteiger partial charge in [-0.25, -0.2) is 4.98 Å². The number of fused-ring (bicyclic) bond motifs is 1. The van der Waals surface area contributed by atoms with E-state index in [4.69, 9.17) is 5.73 Å². The van der Waals surface area contributed by atoms with Crippen LogP contribution in [0.3, 0.4) is 0 Å². The third-order valence-electron chi connectivity index (χ3n) is 3.59. The van der Waals surface area contributed by atoms with Crippen molar-refractivity contribution in [2.24, 2.45) is 0 Å². The molecule has 1 aromatic heterocycles. The van der Waals surface area contributed by atoms with Gasteiger partial charge in [-0.15, -0.1) is 11.3 Å². The molecule has 2 aromatic rings. The highest BCUT2D eigenvalue weighted by molar-refractivity contribution is 7.18. The molecule has 1 aliphatic heterocycles. The summed E-state index contributed by atoms with van der Waals surface area (Å²) < 4.78 is 1.20. The van der Waals surface area contributed by atoms with Gasteiger partial charge in [-0.1, -0.05) is 12.8 Å². The maximum Gasteiger partial charge on any atom is 0.0907 e. The summed E-state index contributed by atoms with van der Waals surface area (Å²) in [5.41, 5.74) is 9.38. The van der Waals surface area contributed by atoms with Gasteiger partial charge in [-0.2, -0.15) is 0 Å². The van der Waals surface area contributed by atoms with Crippen molar-refractivity contribution in [2.75, 3.05) is 23.7 Å². The predicted octanol–water partition coefficient (Wildman–Crippen LogP) is 3.57. The number of benzene rings is 1. The molecule has 0 spiro atoms. The summed E-state index contributed by atoms with van der Waals surface area (Å²) >= 11 is 1.72. The minimum Gasteiger partial charge on any atom is -0.397 e. The molecule has 4 heteroatoms. The normalized spacial score (nSPS) is 17.1. The lowest BCUT2D eigenvalue weighted by Gasteiger charge is -2.24. The maximum absolute atomic E-state index is 6.21. The van der Waals surface area contributed by atoms with E-state index in [9.17, 15) is 0 Å². The molecule has 0 bridgehead atoms. The molecule has 1 saturated heterocycles. The van der Waals surface area contributed by atoms with Crippen molar-refractivity contribution in [3.05, 3.63) is 17.1 Å². The van der Waals surface area contributed by atoms with Gasteiger partial charge in [-0.3, -0.25) is 0 Å². The molecule has 2 heterocycles. The molecule has 3 rings (SSSR count). The molecule has 0 radical (unpaired) electrons. The molecule has 1 aliphatic rings. The summed E-state index contributed by atoms with van der Waals surface area (Å²) in [6.45, 7) is 4.30. The number of hydrogen-bond donors (Lipinski definition) is 1. The van der Waals surface area contributed by atoms with E-state index in [1.54, 1.807) is 11.3 Å². The second kappa shape index (κ2) is 4.76. The fourth-order valence-electron chi connectivity index (χ4n) is 2.68. The Balaban J connectivity index is 2.01. The second-order valence-electron chi connectivity index (χ2n) is 5.01. The van der Waals surface area contributed by atoms with Crippen molar-refractivity contribution >= 4 is 32.9 Å². The molecule has 0 amide bonds. The average molecular weight is 261 g/mol. The molecule has 0 aliphatic carbocycles. The van der Waals surface area contributed by atoms with Gasteiger partial charge in [0.1, 0.15) is 0 Å². The lowest BCUT2D eigenvalue weighted by Crippen LogP contribution is -2.24. The highest BCUT2D eigenvalue weighted by Crippen LogP contribution is 2.33. The Hall–Kier alpha value is -1.29. The first-order chi connectivity index (χ1) is 8.74. The van der Waals surface area contributed by atoms with Gasteiger partial charge in [0.05, 0.1) is 26.6 Å². The minimum atomic E-state index is 0.896. The fraction of sp³-hybridized carbons (Fsp3) is 0.500. The Bertz CT molecular complexity index is 553. The minimum absolute atomic E-state index is 0.896. The van der Waals surface area contributed by atoms with E-state index < -0.39 is 0 Å². The Morgan fingerprint density at radius 2 is 1.89 bits per heavy atom. The van der Waals surface area contributed by atoms with Crippen LogP contribution in [0.4, 0.5) is 11.4 Å². The molecule has 18 heavy (non-hydrogen) atoms. The Labute approximate surface area is 112 Å². The maximum atomic E-state index is 6.21. The average Bonchev–Trinajstić information content (AvgIpc) is 2.55. The number of anilines is 2. The highest BCUT2D eigenvalue weighted by atomic mass is 32.1. The Morgan fingerprint density at radius 1 is 1.17 bits per heavy atom. The number of nitrogen functional groups attached to an aromatic ring is 1. The Morgan fingerprint density at radius 3 is 2.61 bits per heavy atom. The van der Waals surface area contributed by atoms with E-state index in [2.05, 4.69) is 22.0 Å². The molecule has 2 N–H and O–H groups in total. The van der Waals surface area contributed by atoms with Crippen molar-refractivity contribution in [3.63, 3.8) is 0 Å². The van der Waals surface area contributed by atoms with E-state index in [-0.39, 0.29) is 0 Å². The van der Waals surface area contributed by atoms with E-state index in [0.717, 1.165) is 29.3 Å². The number of thiazole rings is 1. The largest absolute Gasteiger partial charge is 0.397 e. The molecular formula is C14H19N3S. The smallest absolute Gasteiger partial charge is 0.0907 e. The van der Waals surface area contributed by atoms with Gasteiger partial charge in [-0.05, 0) is 31.9 Å². The molecule has 0 atom stereocenters. The quantitative estimate of drug-likeness (QED) is 0.798. The zero-order valence-corrected chi connectivity index (χ0v) is 11.6. The molecule has 0 unspecified atom stereocenters. The van der Waals surface area contributed by atoms with Crippen LogP contribution in [0.5, 0.6) is 0 Å². The van der Waals surface area contributed by atoms with Gasteiger partial charge in [0.15, 0.2) is 0 Å². The first kappa shape index (κ1) is 11.8. The number of nitrogens with zero attached hydrogens (tertiary/aromatic N) is 2. The van der Waals surface area contributed by atoms with Crippen molar-refractivity contribution in [3.8, 4) is 0 Å². The van der Waals surface area contributed by atoms with Gasteiger partial charge in [0, 0.05) is 13.1 Å². The van der Waals surface area contributed by atoms with Gasteiger partial charge < -0.3 is 10.6 Å². The van der Waals surface area contributed by atoms with Gasteiger partial charge >= 0.3 is 0 Å². The monoisotopic (exact) mass is 261 g/mol. The van der Waals surface area contributed by atoms with E-state index >= 15 is 0 Å². The fourth-order valence-corrected chi connectivity index (χ4v) is 3.54. The molecule has 1 aromatic carbocycles. The first-order valence-electron chi connectivity index (χ1n) is 6.65. The molecule has 0 saturated carbocycles. The van der Waals surface area contributed by atoms with E-state index in [0.29, 0.717) is 0 Å². The van der Waals surface area contributed by atoms with Crippen LogP contribution in [0.1, 0.15) is 30.7 Å². The van der Waals surface area contributed by atoms with Crippen LogP contribution in [0.15, 0.2) is 12.1 Å². The zero-order chi connectivity index (χ0) is 12.5. The molecule has 3 nitrogen and oxygen atoms in total. The number of aryl methyl sites for hydroxylation is 1. The predicted molar refractivity (Wildman–Crippen MR) is 79.5 cm³/mol. The summed E-state index contributed by atoms with van der Waals surface area (Å²) in [5, 5.41) is 1.11. The number of hydrogen-bond acceptors (Lipinski definition) is 4. The van der Waals surface area contributed by atoms with Crippen molar-refractivity contribution < 1.29 is 0 Å². The Kier molecular flexibility index (Phi) is 3.12. The van der Waals surface area contributed by atoms with Gasteiger partial charge in [0.2, 0.25) is 0 Å². The summed E-state index contributed by atoms with van der Waals surface area (Å²) in [5.74, 6) is 0. The standard InChI is InChI=1S/C14H19N3S/c1-10-16-12-9-13(11(15)8-14(12)18-10)17-6-4-2-3-5-7-17/h8-9H,2-7,15H2,1H3. The van der Waals surface area contributed by atoms with Crippen LogP contribution in [-0.2, 0) is 0 Å². The summed E-state index contributed by atoms with van der Waals surface area (Å²) in [6, 6.07) is 4.25. The summed E-state index contributed by atoms with van der Waals surface area (Å²) in [7, 11) is 0.